The minimum absolute atomic E-state index is 0.227. The molecule has 1 aromatic carbocycles. The summed E-state index contributed by atoms with van der Waals surface area (Å²) < 4.78 is 1.99. The van der Waals surface area contributed by atoms with Crippen molar-refractivity contribution in [2.24, 2.45) is 0 Å². The summed E-state index contributed by atoms with van der Waals surface area (Å²) in [6.07, 6.45) is 5.58. The topological polar surface area (TPSA) is 76.0 Å². The van der Waals surface area contributed by atoms with Crippen LogP contribution in [0.4, 0.5) is 4.79 Å². The van der Waals surface area contributed by atoms with Crippen LogP contribution in [0.2, 0.25) is 0 Å². The van der Waals surface area contributed by atoms with E-state index in [2.05, 4.69) is 15.6 Å². The van der Waals surface area contributed by atoms with Gasteiger partial charge < -0.3 is 9.88 Å². The average molecular weight is 344 g/mol. The first kappa shape index (κ1) is 16.6. The van der Waals surface area contributed by atoms with Crippen LogP contribution in [0.5, 0.6) is 0 Å². The maximum absolute atomic E-state index is 12.1. The number of nitrogens with zero attached hydrogens (tertiary/aromatic N) is 2. The molecule has 0 aliphatic heterocycles. The Bertz CT molecular complexity index is 712. The molecule has 0 spiro atoms. The first-order valence-electron chi connectivity index (χ1n) is 7.95. The van der Waals surface area contributed by atoms with Gasteiger partial charge in [-0.15, -0.1) is 0 Å². The SMILES string of the molecule is C[C@@H](Sc1nccn1Cc1ccccc1)C(=O)NC(=O)NC1CC1. The standard InChI is InChI=1S/C17H20N4O2S/c1-12(15(22)20-16(23)19-14-7-8-14)24-17-18-9-10-21(17)11-13-5-3-2-4-6-13/h2-6,9-10,12,14H,7-8,11H2,1H3,(H2,19,20,22,23)/t12-/m1/s1. The second-order valence-corrected chi connectivity index (χ2v) is 7.13. The van der Waals surface area contributed by atoms with Crippen LogP contribution in [-0.4, -0.2) is 32.8 Å². The van der Waals surface area contributed by atoms with Crippen molar-refractivity contribution < 1.29 is 9.59 Å². The summed E-state index contributed by atoms with van der Waals surface area (Å²) in [4.78, 5) is 28.1. The van der Waals surface area contributed by atoms with Gasteiger partial charge in [0.2, 0.25) is 5.91 Å². The van der Waals surface area contributed by atoms with E-state index >= 15 is 0 Å². The number of amides is 3. The summed E-state index contributed by atoms with van der Waals surface area (Å²) in [5.74, 6) is -0.313. The number of benzene rings is 1. The maximum atomic E-state index is 12.1. The molecule has 1 aromatic heterocycles. The largest absolute Gasteiger partial charge is 0.335 e. The van der Waals surface area contributed by atoms with Crippen molar-refractivity contribution in [1.29, 1.82) is 0 Å². The van der Waals surface area contributed by atoms with Crippen molar-refractivity contribution >= 4 is 23.7 Å². The van der Waals surface area contributed by atoms with Crippen LogP contribution < -0.4 is 10.6 Å². The van der Waals surface area contributed by atoms with Gasteiger partial charge in [0.25, 0.3) is 0 Å². The summed E-state index contributed by atoms with van der Waals surface area (Å²) in [7, 11) is 0. The smallest absolute Gasteiger partial charge is 0.321 e. The number of imidazole rings is 1. The zero-order valence-electron chi connectivity index (χ0n) is 13.4. The summed E-state index contributed by atoms with van der Waals surface area (Å²) in [6.45, 7) is 2.46. The molecule has 126 valence electrons. The number of urea groups is 1. The van der Waals surface area contributed by atoms with Crippen molar-refractivity contribution in [3.8, 4) is 0 Å². The Labute approximate surface area is 145 Å². The molecule has 1 aliphatic carbocycles. The minimum atomic E-state index is -0.414. The molecule has 1 fully saturated rings. The Morgan fingerprint density at radius 2 is 2.08 bits per heavy atom. The molecular formula is C17H20N4O2S. The molecule has 1 heterocycles. The summed E-state index contributed by atoms with van der Waals surface area (Å²) in [5.41, 5.74) is 1.17. The number of hydrogen-bond acceptors (Lipinski definition) is 4. The van der Waals surface area contributed by atoms with E-state index in [1.54, 1.807) is 13.1 Å². The molecule has 7 heteroatoms. The second kappa shape index (κ2) is 7.53. The van der Waals surface area contributed by atoms with Crippen molar-refractivity contribution in [2.45, 2.75) is 42.8 Å². The lowest BCUT2D eigenvalue weighted by molar-refractivity contribution is -0.119. The number of hydrogen-bond donors (Lipinski definition) is 2. The quantitative estimate of drug-likeness (QED) is 0.789. The van der Waals surface area contributed by atoms with Crippen LogP contribution in [0.1, 0.15) is 25.3 Å². The third-order valence-corrected chi connectivity index (χ3v) is 4.79. The van der Waals surface area contributed by atoms with Gasteiger partial charge in [-0.3, -0.25) is 10.1 Å². The van der Waals surface area contributed by atoms with Gasteiger partial charge in [-0.1, -0.05) is 42.1 Å². The van der Waals surface area contributed by atoms with Crippen LogP contribution >= 0.6 is 11.8 Å². The van der Waals surface area contributed by atoms with Crippen LogP contribution in [0.15, 0.2) is 47.9 Å². The summed E-state index contributed by atoms with van der Waals surface area (Å²) in [6, 6.07) is 9.88. The first-order valence-corrected chi connectivity index (χ1v) is 8.83. The number of carbonyl (C=O) groups excluding carboxylic acids is 2. The average Bonchev–Trinajstić information content (AvgIpc) is 3.27. The highest BCUT2D eigenvalue weighted by Crippen LogP contribution is 2.23. The number of imide groups is 1. The molecule has 1 aliphatic rings. The number of thioether (sulfide) groups is 1. The van der Waals surface area contributed by atoms with E-state index in [9.17, 15) is 9.59 Å². The molecular weight excluding hydrogens is 324 g/mol. The third-order valence-electron chi connectivity index (χ3n) is 3.67. The molecule has 1 saturated carbocycles. The Morgan fingerprint density at radius 3 is 2.79 bits per heavy atom. The lowest BCUT2D eigenvalue weighted by atomic mass is 10.2. The van der Waals surface area contributed by atoms with Crippen LogP contribution in [-0.2, 0) is 11.3 Å². The molecule has 0 bridgehead atoms. The van der Waals surface area contributed by atoms with Gasteiger partial charge in [-0.05, 0) is 25.3 Å². The van der Waals surface area contributed by atoms with E-state index < -0.39 is 11.3 Å². The van der Waals surface area contributed by atoms with Crippen molar-refractivity contribution in [3.05, 3.63) is 48.3 Å². The number of aromatic nitrogens is 2. The van der Waals surface area contributed by atoms with Gasteiger partial charge in [0.05, 0.1) is 5.25 Å². The molecule has 6 nitrogen and oxygen atoms in total. The Hall–Kier alpha value is -2.28. The molecule has 3 rings (SSSR count). The van der Waals surface area contributed by atoms with E-state index in [-0.39, 0.29) is 11.9 Å². The van der Waals surface area contributed by atoms with Crippen LogP contribution in [0.25, 0.3) is 0 Å². The fourth-order valence-electron chi connectivity index (χ4n) is 2.19. The monoisotopic (exact) mass is 344 g/mol. The molecule has 0 radical (unpaired) electrons. The van der Waals surface area contributed by atoms with Crippen LogP contribution in [0, 0.1) is 0 Å². The van der Waals surface area contributed by atoms with Gasteiger partial charge in [-0.25, -0.2) is 9.78 Å². The van der Waals surface area contributed by atoms with E-state index in [0.717, 1.165) is 18.0 Å². The predicted molar refractivity (Wildman–Crippen MR) is 92.8 cm³/mol. The molecule has 0 saturated heterocycles. The first-order chi connectivity index (χ1) is 11.6. The molecule has 1 atom stereocenters. The van der Waals surface area contributed by atoms with Gasteiger partial charge >= 0.3 is 6.03 Å². The van der Waals surface area contributed by atoms with E-state index in [0.29, 0.717) is 6.54 Å². The van der Waals surface area contributed by atoms with Gasteiger partial charge in [0, 0.05) is 25.0 Å². The van der Waals surface area contributed by atoms with Gasteiger partial charge in [0.1, 0.15) is 0 Å². The Balaban J connectivity index is 1.56. The molecule has 24 heavy (non-hydrogen) atoms. The number of carbonyl (C=O) groups is 2. The highest BCUT2D eigenvalue weighted by Gasteiger charge is 2.25. The normalized spacial score (nSPS) is 14.9. The van der Waals surface area contributed by atoms with Crippen LogP contribution in [0.3, 0.4) is 0 Å². The Kier molecular flexibility index (Phi) is 5.20. The van der Waals surface area contributed by atoms with E-state index in [1.807, 2.05) is 41.1 Å². The van der Waals surface area contributed by atoms with Gasteiger partial charge in [0.15, 0.2) is 5.16 Å². The lowest BCUT2D eigenvalue weighted by Crippen LogP contribution is -2.43. The fraction of sp³-hybridized carbons (Fsp3) is 0.353. The van der Waals surface area contributed by atoms with E-state index in [4.69, 9.17) is 0 Å². The number of nitrogens with one attached hydrogen (secondary N) is 2. The zero-order chi connectivity index (χ0) is 16.9. The fourth-order valence-corrected chi connectivity index (χ4v) is 3.05. The predicted octanol–water partition coefficient (Wildman–Crippen LogP) is 2.40. The van der Waals surface area contributed by atoms with E-state index in [1.165, 1.54) is 17.3 Å². The maximum Gasteiger partial charge on any atom is 0.321 e. The molecule has 0 unspecified atom stereocenters. The summed E-state index contributed by atoms with van der Waals surface area (Å²) >= 11 is 1.34. The number of rotatable bonds is 6. The lowest BCUT2D eigenvalue weighted by Gasteiger charge is -2.13. The highest BCUT2D eigenvalue weighted by atomic mass is 32.2. The van der Waals surface area contributed by atoms with Crippen molar-refractivity contribution in [3.63, 3.8) is 0 Å². The molecule has 2 N–H and O–H groups in total. The minimum Gasteiger partial charge on any atom is -0.335 e. The zero-order valence-corrected chi connectivity index (χ0v) is 14.3. The van der Waals surface area contributed by atoms with Crippen molar-refractivity contribution in [1.82, 2.24) is 20.2 Å². The van der Waals surface area contributed by atoms with Crippen molar-refractivity contribution in [2.75, 3.05) is 0 Å². The molecule has 2 aromatic rings. The highest BCUT2D eigenvalue weighted by molar-refractivity contribution is 8.00. The van der Waals surface area contributed by atoms with Gasteiger partial charge in [-0.2, -0.15) is 0 Å². The second-order valence-electron chi connectivity index (χ2n) is 5.82. The Morgan fingerprint density at radius 1 is 1.33 bits per heavy atom. The molecule has 3 amide bonds. The third kappa shape index (κ3) is 4.61. The summed E-state index contributed by atoms with van der Waals surface area (Å²) in [5, 5.41) is 5.47.